The molecule has 13 heteroatoms. The molecule has 0 saturated carbocycles. The first-order chi connectivity index (χ1) is 15.9. The van der Waals surface area contributed by atoms with Gasteiger partial charge in [-0.05, 0) is 24.1 Å². The Balaban J connectivity index is 1.80. The number of amides is 3. The minimum absolute atomic E-state index is 0.197. The summed E-state index contributed by atoms with van der Waals surface area (Å²) in [5, 5.41) is 2.10. The number of hydrogen-bond acceptors (Lipinski definition) is 5. The van der Waals surface area contributed by atoms with Crippen LogP contribution in [0.1, 0.15) is 34.6 Å². The molecule has 1 aliphatic heterocycles. The molecule has 0 saturated heterocycles. The lowest BCUT2D eigenvalue weighted by molar-refractivity contribution is -0.152. The number of imide groups is 1. The number of hydrogen-bond donors (Lipinski definition) is 1. The Bertz CT molecular complexity index is 1190. The molecule has 3 rings (SSSR count). The van der Waals surface area contributed by atoms with Crippen molar-refractivity contribution in [3.8, 4) is 0 Å². The van der Waals surface area contributed by atoms with E-state index >= 15 is 0 Å². The van der Waals surface area contributed by atoms with Gasteiger partial charge in [0.15, 0.2) is 6.61 Å². The third-order valence-electron chi connectivity index (χ3n) is 4.83. The van der Waals surface area contributed by atoms with E-state index in [9.17, 15) is 19.2 Å². The number of nitrogens with one attached hydrogen (secondary N) is 1. The zero-order valence-electron chi connectivity index (χ0n) is 17.4. The van der Waals surface area contributed by atoms with Crippen LogP contribution in [0.2, 0.25) is 30.1 Å². The van der Waals surface area contributed by atoms with Crippen LogP contribution < -0.4 is 5.32 Å². The number of nitrogens with zero attached hydrogens (tertiary/aromatic N) is 1. The van der Waals surface area contributed by atoms with Gasteiger partial charge in [-0.15, -0.1) is 0 Å². The second kappa shape index (κ2) is 10.5. The fraction of sp³-hybridized carbons (Fsp3) is 0.238. The van der Waals surface area contributed by atoms with Crippen LogP contribution in [0.15, 0.2) is 18.2 Å². The number of esters is 1. The van der Waals surface area contributed by atoms with Gasteiger partial charge in [0.1, 0.15) is 6.04 Å². The molecule has 180 valence electrons. The molecule has 0 radical (unpaired) electrons. The van der Waals surface area contributed by atoms with Crippen molar-refractivity contribution in [2.24, 2.45) is 5.92 Å². The Hall–Kier alpha value is -1.74. The molecule has 0 aromatic heterocycles. The molecule has 0 bridgehead atoms. The highest BCUT2D eigenvalue weighted by Crippen LogP contribution is 2.45. The van der Waals surface area contributed by atoms with Crippen LogP contribution in [0.25, 0.3) is 0 Å². The Labute approximate surface area is 224 Å². The lowest BCUT2D eigenvalue weighted by Crippen LogP contribution is -2.49. The van der Waals surface area contributed by atoms with Gasteiger partial charge in [-0.25, -0.2) is 4.79 Å². The summed E-state index contributed by atoms with van der Waals surface area (Å²) in [4.78, 5) is 51.9. The number of fused-ring (bicyclic) bond motifs is 1. The van der Waals surface area contributed by atoms with Gasteiger partial charge in [0, 0.05) is 5.69 Å². The third-order valence-corrected chi connectivity index (χ3v) is 7.37. The zero-order valence-corrected chi connectivity index (χ0v) is 21.9. The minimum atomic E-state index is -1.38. The van der Waals surface area contributed by atoms with Crippen molar-refractivity contribution >= 4 is 99.0 Å². The molecule has 34 heavy (non-hydrogen) atoms. The molecular formula is C21H14Cl6N2O5. The number of halogens is 6. The molecule has 1 unspecified atom stereocenters. The summed E-state index contributed by atoms with van der Waals surface area (Å²) in [5.41, 5.74) is -0.196. The molecule has 1 atom stereocenters. The van der Waals surface area contributed by atoms with E-state index in [1.54, 1.807) is 13.8 Å². The van der Waals surface area contributed by atoms with Crippen molar-refractivity contribution in [3.05, 3.63) is 59.5 Å². The van der Waals surface area contributed by atoms with Crippen molar-refractivity contribution in [1.29, 1.82) is 0 Å². The second-order valence-electron chi connectivity index (χ2n) is 7.46. The largest absolute Gasteiger partial charge is 0.454 e. The summed E-state index contributed by atoms with van der Waals surface area (Å²) in [7, 11) is 0. The van der Waals surface area contributed by atoms with Crippen molar-refractivity contribution in [2.75, 3.05) is 11.9 Å². The number of rotatable bonds is 6. The highest BCUT2D eigenvalue weighted by atomic mass is 35.5. The monoisotopic (exact) mass is 584 g/mol. The normalized spacial score (nSPS) is 13.9. The lowest BCUT2D eigenvalue weighted by atomic mass is 10.0. The number of carbonyl (C=O) groups excluding carboxylic acids is 4. The van der Waals surface area contributed by atoms with Crippen molar-refractivity contribution in [2.45, 2.75) is 19.9 Å². The van der Waals surface area contributed by atoms with Crippen molar-refractivity contribution in [1.82, 2.24) is 4.90 Å². The fourth-order valence-corrected chi connectivity index (χ4v) is 4.60. The first kappa shape index (κ1) is 26.9. The molecule has 0 fully saturated rings. The fourth-order valence-electron chi connectivity index (χ4n) is 3.29. The summed E-state index contributed by atoms with van der Waals surface area (Å²) in [6.07, 6.45) is 0. The van der Waals surface area contributed by atoms with Crippen LogP contribution in [-0.4, -0.2) is 41.2 Å². The summed E-state index contributed by atoms with van der Waals surface area (Å²) in [6, 6.07) is 3.03. The predicted molar refractivity (Wildman–Crippen MR) is 132 cm³/mol. The van der Waals surface area contributed by atoms with E-state index in [-0.39, 0.29) is 36.2 Å². The zero-order chi connectivity index (χ0) is 25.5. The summed E-state index contributed by atoms with van der Waals surface area (Å²) >= 11 is 36.1. The van der Waals surface area contributed by atoms with Crippen LogP contribution in [0.4, 0.5) is 5.69 Å². The Morgan fingerprint density at radius 3 is 1.88 bits per heavy atom. The van der Waals surface area contributed by atoms with Crippen LogP contribution in [0.5, 0.6) is 0 Å². The molecular weight excluding hydrogens is 573 g/mol. The number of anilines is 1. The average molecular weight is 587 g/mol. The molecule has 1 N–H and O–H groups in total. The summed E-state index contributed by atoms with van der Waals surface area (Å²) in [5.74, 6) is -4.03. The second-order valence-corrected chi connectivity index (χ2v) is 9.79. The van der Waals surface area contributed by atoms with Crippen molar-refractivity contribution in [3.63, 3.8) is 0 Å². The number of carbonyl (C=O) groups is 4. The van der Waals surface area contributed by atoms with Gasteiger partial charge < -0.3 is 10.1 Å². The maximum Gasteiger partial charge on any atom is 0.330 e. The van der Waals surface area contributed by atoms with Gasteiger partial charge in [-0.2, -0.15) is 0 Å². The highest BCUT2D eigenvalue weighted by Gasteiger charge is 2.48. The van der Waals surface area contributed by atoms with Gasteiger partial charge in [0.25, 0.3) is 17.7 Å². The topological polar surface area (TPSA) is 92.8 Å². The Morgan fingerprint density at radius 2 is 1.41 bits per heavy atom. The summed E-state index contributed by atoms with van der Waals surface area (Å²) in [6.45, 7) is 2.49. The van der Waals surface area contributed by atoms with Gasteiger partial charge in [-0.1, -0.05) is 83.5 Å². The maximum atomic E-state index is 13.1. The van der Waals surface area contributed by atoms with Crippen LogP contribution >= 0.6 is 69.6 Å². The minimum Gasteiger partial charge on any atom is -0.454 e. The third kappa shape index (κ3) is 4.96. The number of ether oxygens (including phenoxy) is 1. The standard InChI is InChI=1S/C21H14Cl6N2O5/c1-7(2)18(21(33)34-6-11(30)28-8-3-4-9(22)10(23)5-8)29-19(31)12-13(20(29)32)15(25)17(27)16(26)14(12)24/h3-5,7,18H,6H2,1-2H3,(H,28,30). The summed E-state index contributed by atoms with van der Waals surface area (Å²) < 4.78 is 5.10. The van der Waals surface area contributed by atoms with E-state index in [1.165, 1.54) is 18.2 Å². The molecule has 2 aromatic carbocycles. The maximum absolute atomic E-state index is 13.1. The van der Waals surface area contributed by atoms with E-state index in [0.29, 0.717) is 15.6 Å². The quantitative estimate of drug-likeness (QED) is 0.183. The first-order valence-corrected chi connectivity index (χ1v) is 11.8. The first-order valence-electron chi connectivity index (χ1n) is 9.52. The van der Waals surface area contributed by atoms with Gasteiger partial charge in [0.05, 0.1) is 41.3 Å². The van der Waals surface area contributed by atoms with Gasteiger partial charge >= 0.3 is 5.97 Å². The predicted octanol–water partition coefficient (Wildman–Crippen LogP) is 6.41. The van der Waals surface area contributed by atoms with E-state index < -0.39 is 42.3 Å². The van der Waals surface area contributed by atoms with Gasteiger partial charge in [-0.3, -0.25) is 19.3 Å². The highest BCUT2D eigenvalue weighted by molar-refractivity contribution is 6.55. The SMILES string of the molecule is CC(C)C(C(=O)OCC(=O)Nc1ccc(Cl)c(Cl)c1)N1C(=O)c2c(Cl)c(Cl)c(Cl)c(Cl)c2C1=O. The molecule has 0 aliphatic carbocycles. The Kier molecular flexibility index (Phi) is 8.28. The lowest BCUT2D eigenvalue weighted by Gasteiger charge is -2.27. The van der Waals surface area contributed by atoms with E-state index in [2.05, 4.69) is 5.32 Å². The number of benzene rings is 2. The molecule has 1 aliphatic rings. The molecule has 2 aromatic rings. The average Bonchev–Trinajstić information content (AvgIpc) is 3.02. The van der Waals surface area contributed by atoms with E-state index in [4.69, 9.17) is 74.3 Å². The molecule has 7 nitrogen and oxygen atoms in total. The Morgan fingerprint density at radius 1 is 0.882 bits per heavy atom. The van der Waals surface area contributed by atoms with Crippen LogP contribution in [0.3, 0.4) is 0 Å². The van der Waals surface area contributed by atoms with E-state index in [0.717, 1.165) is 0 Å². The molecule has 3 amide bonds. The smallest absolute Gasteiger partial charge is 0.330 e. The van der Waals surface area contributed by atoms with Crippen molar-refractivity contribution < 1.29 is 23.9 Å². The van der Waals surface area contributed by atoms with Crippen LogP contribution in [-0.2, 0) is 14.3 Å². The van der Waals surface area contributed by atoms with Gasteiger partial charge in [0.2, 0.25) is 0 Å². The molecule has 0 spiro atoms. The van der Waals surface area contributed by atoms with Crippen LogP contribution in [0, 0.1) is 5.92 Å². The van der Waals surface area contributed by atoms with E-state index in [1.807, 2.05) is 0 Å². The molecule has 1 heterocycles.